The third-order valence-electron chi connectivity index (χ3n) is 7.38. The number of nitrogens with one attached hydrogen (secondary N) is 1. The van der Waals surface area contributed by atoms with Gasteiger partial charge in [-0.2, -0.15) is 0 Å². The first-order valence-corrected chi connectivity index (χ1v) is 12.1. The van der Waals surface area contributed by atoms with Gasteiger partial charge in [0.05, 0.1) is 39.7 Å². The molecule has 7 rings (SSSR count). The van der Waals surface area contributed by atoms with Crippen molar-refractivity contribution in [1.29, 1.82) is 0 Å². The third-order valence-corrected chi connectivity index (χ3v) is 7.38. The monoisotopic (exact) mass is 492 g/mol. The van der Waals surface area contributed by atoms with E-state index in [9.17, 15) is 9.59 Å². The average molecular weight is 493 g/mol. The van der Waals surface area contributed by atoms with Crippen LogP contribution in [0.2, 0.25) is 0 Å². The molecule has 0 saturated heterocycles. The summed E-state index contributed by atoms with van der Waals surface area (Å²) in [5.74, 6) is 1.37. The van der Waals surface area contributed by atoms with E-state index in [4.69, 9.17) is 9.47 Å². The number of hydrogen-bond acceptors (Lipinski definition) is 5. The summed E-state index contributed by atoms with van der Waals surface area (Å²) in [7, 11) is 3.25. The van der Waals surface area contributed by atoms with Gasteiger partial charge in [-0.1, -0.05) is 48.0 Å². The summed E-state index contributed by atoms with van der Waals surface area (Å²) in [6.45, 7) is 2.22. The summed E-state index contributed by atoms with van der Waals surface area (Å²) < 4.78 is 16.1. The van der Waals surface area contributed by atoms with Gasteiger partial charge < -0.3 is 19.4 Å². The Morgan fingerprint density at radius 1 is 0.892 bits per heavy atom. The van der Waals surface area contributed by atoms with Crippen molar-refractivity contribution in [3.8, 4) is 28.4 Å². The molecule has 0 spiro atoms. The fraction of sp³-hybridized carbons (Fsp3) is 0.172. The highest BCUT2D eigenvalue weighted by Crippen LogP contribution is 2.46. The van der Waals surface area contributed by atoms with Gasteiger partial charge >= 0.3 is 5.69 Å². The zero-order chi connectivity index (χ0) is 25.4. The second-order valence-electron chi connectivity index (χ2n) is 9.57. The highest BCUT2D eigenvalue weighted by atomic mass is 16.7. The van der Waals surface area contributed by atoms with Crippen LogP contribution in [0, 0.1) is 6.92 Å². The lowest BCUT2D eigenvalue weighted by Gasteiger charge is -2.31. The number of rotatable bonds is 2. The fourth-order valence-electron chi connectivity index (χ4n) is 5.55. The Morgan fingerprint density at radius 2 is 1.65 bits per heavy atom. The predicted octanol–water partition coefficient (Wildman–Crippen LogP) is 4.25. The lowest BCUT2D eigenvalue weighted by molar-refractivity contribution is 0.174. The van der Waals surface area contributed by atoms with Crippen molar-refractivity contribution in [3.63, 3.8) is 0 Å². The number of fused-ring (bicyclic) bond motifs is 6. The van der Waals surface area contributed by atoms with E-state index in [1.54, 1.807) is 11.6 Å². The average Bonchev–Trinajstić information content (AvgIpc) is 3.53. The van der Waals surface area contributed by atoms with Gasteiger partial charge in [-0.25, -0.2) is 4.79 Å². The Bertz CT molecular complexity index is 1860. The predicted molar refractivity (Wildman–Crippen MR) is 142 cm³/mol. The van der Waals surface area contributed by atoms with Crippen molar-refractivity contribution in [2.24, 2.45) is 14.1 Å². The number of anilines is 1. The van der Waals surface area contributed by atoms with Gasteiger partial charge in [0.15, 0.2) is 11.5 Å². The summed E-state index contributed by atoms with van der Waals surface area (Å²) in [5, 5.41) is 4.17. The van der Waals surface area contributed by atoms with E-state index in [1.807, 2.05) is 73.7 Å². The van der Waals surface area contributed by atoms with Gasteiger partial charge in [-0.05, 0) is 42.3 Å². The molecule has 3 aromatic carbocycles. The Kier molecular flexibility index (Phi) is 4.45. The Hall–Kier alpha value is -4.72. The van der Waals surface area contributed by atoms with E-state index >= 15 is 0 Å². The van der Waals surface area contributed by atoms with Gasteiger partial charge in [-0.3, -0.25) is 13.9 Å². The molecule has 2 aromatic heterocycles. The lowest BCUT2D eigenvalue weighted by atomic mass is 9.99. The zero-order valence-electron chi connectivity index (χ0n) is 20.6. The minimum absolute atomic E-state index is 0.182. The molecular weight excluding hydrogens is 468 g/mol. The number of nitrogens with zero attached hydrogens (tertiary/aromatic N) is 3. The number of benzene rings is 3. The summed E-state index contributed by atoms with van der Waals surface area (Å²) in [6.07, 6.45) is 0. The lowest BCUT2D eigenvalue weighted by Crippen LogP contribution is -2.37. The normalized spacial score (nSPS) is 15.4. The molecule has 0 saturated carbocycles. The number of ether oxygens (including phenoxy) is 2. The SMILES string of the molecule is Cc1ccc(-c2c3c(=O)n(C)c(=O)n(C)c3c3n2-c2ccccc2N[C@@H]3c2ccc3c(c2)OCO3)cc1. The standard InChI is InChI=1S/C29H24N4O4/c1-16-8-10-17(11-9-16)25-23-26(31(2)29(35)32(3)28(23)34)27-24(18-12-13-21-22(14-18)37-15-36-21)30-19-6-4-5-7-20(19)33(25)27/h4-14,24,30H,15H2,1-3H3/t24-/m1/s1. The number of para-hydroxylation sites is 2. The number of aromatic nitrogens is 3. The van der Waals surface area contributed by atoms with Crippen molar-refractivity contribution >= 4 is 16.6 Å². The Labute approximate surface area is 211 Å². The van der Waals surface area contributed by atoms with Crippen LogP contribution in [0.5, 0.6) is 11.5 Å². The van der Waals surface area contributed by atoms with Gasteiger partial charge in [-0.15, -0.1) is 0 Å². The van der Waals surface area contributed by atoms with E-state index in [0.717, 1.165) is 39.5 Å². The first kappa shape index (κ1) is 21.6. The highest BCUT2D eigenvalue weighted by Gasteiger charge is 2.35. The second kappa shape index (κ2) is 7.64. The minimum Gasteiger partial charge on any atom is -0.454 e. The van der Waals surface area contributed by atoms with Gasteiger partial charge in [0, 0.05) is 14.1 Å². The third kappa shape index (κ3) is 2.95. The molecule has 0 bridgehead atoms. The van der Waals surface area contributed by atoms with Crippen molar-refractivity contribution in [2.75, 3.05) is 12.1 Å². The summed E-state index contributed by atoms with van der Waals surface area (Å²) in [4.78, 5) is 26.9. The molecule has 1 atom stereocenters. The smallest absolute Gasteiger partial charge is 0.331 e. The van der Waals surface area contributed by atoms with Crippen LogP contribution in [-0.4, -0.2) is 20.5 Å². The topological polar surface area (TPSA) is 79.4 Å². The molecule has 8 heteroatoms. The minimum atomic E-state index is -0.371. The maximum absolute atomic E-state index is 13.8. The molecule has 0 radical (unpaired) electrons. The van der Waals surface area contributed by atoms with Crippen LogP contribution >= 0.6 is 0 Å². The van der Waals surface area contributed by atoms with Crippen LogP contribution in [0.15, 0.2) is 76.3 Å². The maximum atomic E-state index is 13.8. The van der Waals surface area contributed by atoms with Crippen LogP contribution in [-0.2, 0) is 14.1 Å². The number of hydrogen-bond donors (Lipinski definition) is 1. The van der Waals surface area contributed by atoms with E-state index < -0.39 is 0 Å². The van der Waals surface area contributed by atoms with Gasteiger partial charge in [0.25, 0.3) is 5.56 Å². The zero-order valence-corrected chi connectivity index (χ0v) is 20.6. The quantitative estimate of drug-likeness (QED) is 0.399. The molecule has 8 nitrogen and oxygen atoms in total. The summed E-state index contributed by atoms with van der Waals surface area (Å²) >= 11 is 0. The van der Waals surface area contributed by atoms with Crippen LogP contribution in [0.3, 0.4) is 0 Å². The molecule has 184 valence electrons. The summed E-state index contributed by atoms with van der Waals surface area (Å²) in [5.41, 5.74) is 6.29. The first-order valence-electron chi connectivity index (χ1n) is 12.1. The van der Waals surface area contributed by atoms with E-state index in [-0.39, 0.29) is 24.1 Å². The Morgan fingerprint density at radius 3 is 2.46 bits per heavy atom. The van der Waals surface area contributed by atoms with Gasteiger partial charge in [0.1, 0.15) is 0 Å². The molecule has 2 aliphatic rings. The number of aryl methyl sites for hydroxylation is 2. The molecular formula is C29H24N4O4. The van der Waals surface area contributed by atoms with Crippen LogP contribution in [0.4, 0.5) is 5.69 Å². The van der Waals surface area contributed by atoms with Crippen LogP contribution < -0.4 is 26.0 Å². The molecule has 0 fully saturated rings. The van der Waals surface area contributed by atoms with Crippen molar-refractivity contribution in [3.05, 3.63) is 104 Å². The maximum Gasteiger partial charge on any atom is 0.331 e. The molecule has 0 aliphatic carbocycles. The second-order valence-corrected chi connectivity index (χ2v) is 9.57. The van der Waals surface area contributed by atoms with Crippen LogP contribution in [0.25, 0.3) is 27.8 Å². The first-order chi connectivity index (χ1) is 17.9. The van der Waals surface area contributed by atoms with Gasteiger partial charge in [0.2, 0.25) is 6.79 Å². The molecule has 4 heterocycles. The highest BCUT2D eigenvalue weighted by molar-refractivity contribution is 5.99. The van der Waals surface area contributed by atoms with Crippen molar-refractivity contribution in [2.45, 2.75) is 13.0 Å². The molecule has 5 aromatic rings. The van der Waals surface area contributed by atoms with Crippen LogP contribution in [0.1, 0.15) is 22.9 Å². The largest absolute Gasteiger partial charge is 0.454 e. The fourth-order valence-corrected chi connectivity index (χ4v) is 5.55. The van der Waals surface area contributed by atoms with Crippen molar-refractivity contribution < 1.29 is 9.47 Å². The van der Waals surface area contributed by atoms with E-state index in [1.165, 1.54) is 11.6 Å². The molecule has 0 amide bonds. The van der Waals surface area contributed by atoms with Crippen molar-refractivity contribution in [1.82, 2.24) is 13.7 Å². The summed E-state index contributed by atoms with van der Waals surface area (Å²) in [6, 6.07) is 21.6. The molecule has 1 N–H and O–H groups in total. The molecule has 37 heavy (non-hydrogen) atoms. The molecule has 2 aliphatic heterocycles. The van der Waals surface area contributed by atoms with E-state index in [2.05, 4.69) is 9.88 Å². The Balaban J connectivity index is 1.66. The molecule has 0 unspecified atom stereocenters. The van der Waals surface area contributed by atoms with E-state index in [0.29, 0.717) is 22.4 Å².